The number of benzene rings is 1. The van der Waals surface area contributed by atoms with Crippen LogP contribution in [0.4, 0.5) is 17.6 Å². The van der Waals surface area contributed by atoms with Crippen molar-refractivity contribution in [1.82, 2.24) is 5.32 Å². The Hall–Kier alpha value is -1.99. The lowest BCUT2D eigenvalue weighted by Gasteiger charge is -2.46. The van der Waals surface area contributed by atoms with E-state index in [-0.39, 0.29) is 6.07 Å². The minimum atomic E-state index is -2.12. The topological polar surface area (TPSA) is 198 Å². The number of ether oxygens (including phenoxy) is 3. The van der Waals surface area contributed by atoms with E-state index in [1.807, 2.05) is 0 Å². The minimum absolute atomic E-state index is 0.125. The van der Waals surface area contributed by atoms with Gasteiger partial charge in [-0.1, -0.05) is 0 Å². The Balaban J connectivity index is 1.77. The van der Waals surface area contributed by atoms with Gasteiger partial charge in [0.05, 0.1) is 13.2 Å². The molecule has 2 saturated heterocycles. The summed E-state index contributed by atoms with van der Waals surface area (Å²) < 4.78 is 70.2. The van der Waals surface area contributed by atoms with Crippen molar-refractivity contribution in [3.05, 3.63) is 34.9 Å². The maximum absolute atomic E-state index is 13.9. The third-order valence-corrected chi connectivity index (χ3v) is 5.62. The number of amides is 1. The molecule has 12 nitrogen and oxygen atoms in total. The number of rotatable bonds is 6. The van der Waals surface area contributed by atoms with Gasteiger partial charge in [-0.15, -0.1) is 0 Å². The summed E-state index contributed by atoms with van der Waals surface area (Å²) in [6, 6.07) is -0.125. The maximum Gasteiger partial charge on any atom is 0.259 e. The summed E-state index contributed by atoms with van der Waals surface area (Å²) in [6.45, 7) is -1.77. The van der Waals surface area contributed by atoms with E-state index in [4.69, 9.17) is 14.2 Å². The molecular weight excluding hydrogens is 494 g/mol. The van der Waals surface area contributed by atoms with Gasteiger partial charge in [-0.05, 0) is 0 Å². The molecule has 0 aliphatic carbocycles. The Kier molecular flexibility index (Phi) is 8.64. The van der Waals surface area contributed by atoms with Crippen molar-refractivity contribution >= 4 is 5.91 Å². The number of carbonyl (C=O) groups is 1. The summed E-state index contributed by atoms with van der Waals surface area (Å²) in [6.07, 6.45) is -18.2. The van der Waals surface area contributed by atoms with Crippen molar-refractivity contribution in [1.29, 1.82) is 0 Å². The summed E-state index contributed by atoms with van der Waals surface area (Å²) >= 11 is 0. The molecule has 16 heteroatoms. The van der Waals surface area contributed by atoms with Crippen molar-refractivity contribution in [2.75, 3.05) is 13.2 Å². The van der Waals surface area contributed by atoms with E-state index in [0.29, 0.717) is 0 Å². The van der Waals surface area contributed by atoms with E-state index in [0.717, 1.165) is 0 Å². The lowest BCUT2D eigenvalue weighted by molar-refractivity contribution is -0.342. The standard InChI is InChI=1S/C19H23F4NO11/c20-4-1-5(21)10(23)8(9(4)22)17(32)24-18-14(30)13(29)16(7(3-26)33-18)35-19-15(31)12(28)11(27)6(2-25)34-19/h1,6-7,11-16,18-19,25-31H,2-3H2,(H,24,32)/t6-,7-,11+,12+,13-,14-,15-,16+,18-,19-/m1/s1. The van der Waals surface area contributed by atoms with Crippen molar-refractivity contribution in [2.24, 2.45) is 0 Å². The Bertz CT molecular complexity index is 897. The first kappa shape index (κ1) is 27.6. The highest BCUT2D eigenvalue weighted by Crippen LogP contribution is 2.29. The summed E-state index contributed by atoms with van der Waals surface area (Å²) in [4.78, 5) is 12.3. The van der Waals surface area contributed by atoms with Crippen molar-refractivity contribution in [2.45, 2.75) is 61.3 Å². The molecule has 2 fully saturated rings. The van der Waals surface area contributed by atoms with Crippen LogP contribution in [-0.2, 0) is 14.2 Å². The molecule has 0 aromatic heterocycles. The minimum Gasteiger partial charge on any atom is -0.394 e. The molecule has 10 atom stereocenters. The first-order chi connectivity index (χ1) is 16.4. The van der Waals surface area contributed by atoms with Gasteiger partial charge in [0.2, 0.25) is 0 Å². The van der Waals surface area contributed by atoms with Gasteiger partial charge in [0.15, 0.2) is 35.8 Å². The Morgan fingerprint density at radius 3 is 1.94 bits per heavy atom. The fraction of sp³-hybridized carbons (Fsp3) is 0.632. The van der Waals surface area contributed by atoms with Crippen LogP contribution in [0.3, 0.4) is 0 Å². The molecule has 2 aliphatic heterocycles. The highest BCUT2D eigenvalue weighted by atomic mass is 19.2. The van der Waals surface area contributed by atoms with E-state index in [9.17, 15) is 58.1 Å². The second-order valence-electron chi connectivity index (χ2n) is 7.87. The number of hydrogen-bond donors (Lipinski definition) is 8. The van der Waals surface area contributed by atoms with Gasteiger partial charge in [-0.3, -0.25) is 4.79 Å². The van der Waals surface area contributed by atoms with Crippen LogP contribution in [0.25, 0.3) is 0 Å². The summed E-state index contributed by atoms with van der Waals surface area (Å²) in [7, 11) is 0. The Morgan fingerprint density at radius 1 is 0.829 bits per heavy atom. The first-order valence-corrected chi connectivity index (χ1v) is 10.1. The van der Waals surface area contributed by atoms with Crippen LogP contribution < -0.4 is 5.32 Å². The average Bonchev–Trinajstić information content (AvgIpc) is 2.82. The SMILES string of the molecule is O=C(N[C@@H]1O[C@H](CO)[C@H](O[C@H]2O[C@H](CO)[C@H](O)[C@H](O)[C@H]2O)[C@H](O)[C@H]1O)c1c(F)c(F)cc(F)c1F. The fourth-order valence-electron chi connectivity index (χ4n) is 3.68. The zero-order chi connectivity index (χ0) is 26.2. The van der Waals surface area contributed by atoms with Gasteiger partial charge in [0.1, 0.15) is 54.4 Å². The number of carbonyl (C=O) groups excluding carboxylic acids is 1. The third-order valence-electron chi connectivity index (χ3n) is 5.62. The Labute approximate surface area is 193 Å². The van der Waals surface area contributed by atoms with Gasteiger partial charge in [0, 0.05) is 6.07 Å². The average molecular weight is 517 g/mol. The first-order valence-electron chi connectivity index (χ1n) is 10.1. The van der Waals surface area contributed by atoms with E-state index in [2.05, 4.69) is 0 Å². The second kappa shape index (κ2) is 11.0. The fourth-order valence-corrected chi connectivity index (χ4v) is 3.68. The molecule has 0 unspecified atom stereocenters. The van der Waals surface area contributed by atoms with Crippen LogP contribution in [0, 0.1) is 23.3 Å². The molecular formula is C19H23F4NO11. The monoisotopic (exact) mass is 517 g/mol. The molecule has 2 aliphatic rings. The van der Waals surface area contributed by atoms with Crippen LogP contribution in [0.1, 0.15) is 10.4 Å². The largest absolute Gasteiger partial charge is 0.394 e. The molecule has 0 bridgehead atoms. The quantitative estimate of drug-likeness (QED) is 0.138. The van der Waals surface area contributed by atoms with Crippen LogP contribution in [0.5, 0.6) is 0 Å². The van der Waals surface area contributed by atoms with E-state index >= 15 is 0 Å². The van der Waals surface area contributed by atoms with E-state index < -0.39 is 109 Å². The Morgan fingerprint density at radius 2 is 1.40 bits per heavy atom. The highest BCUT2D eigenvalue weighted by Gasteiger charge is 2.50. The van der Waals surface area contributed by atoms with Gasteiger partial charge in [0.25, 0.3) is 5.91 Å². The number of aliphatic hydroxyl groups excluding tert-OH is 7. The predicted octanol–water partition coefficient (Wildman–Crippen LogP) is -3.40. The molecule has 2 heterocycles. The molecule has 35 heavy (non-hydrogen) atoms. The van der Waals surface area contributed by atoms with Crippen LogP contribution >= 0.6 is 0 Å². The molecule has 198 valence electrons. The molecule has 1 aromatic carbocycles. The number of halogens is 4. The number of hydrogen-bond acceptors (Lipinski definition) is 11. The maximum atomic E-state index is 13.9. The smallest absolute Gasteiger partial charge is 0.259 e. The van der Waals surface area contributed by atoms with Crippen molar-refractivity contribution in [3.63, 3.8) is 0 Å². The third kappa shape index (κ3) is 5.26. The number of aliphatic hydroxyl groups is 7. The van der Waals surface area contributed by atoms with Crippen LogP contribution in [-0.4, -0.2) is 116 Å². The zero-order valence-electron chi connectivity index (χ0n) is 17.5. The van der Waals surface area contributed by atoms with Crippen molar-refractivity contribution < 1.29 is 72.3 Å². The van der Waals surface area contributed by atoms with Gasteiger partial charge in [-0.25, -0.2) is 17.6 Å². The lowest BCUT2D eigenvalue weighted by Crippen LogP contribution is -2.66. The van der Waals surface area contributed by atoms with Crippen LogP contribution in [0.15, 0.2) is 6.07 Å². The van der Waals surface area contributed by atoms with Crippen molar-refractivity contribution in [3.8, 4) is 0 Å². The van der Waals surface area contributed by atoms with Crippen LogP contribution in [0.2, 0.25) is 0 Å². The summed E-state index contributed by atoms with van der Waals surface area (Å²) in [5.74, 6) is -9.58. The van der Waals surface area contributed by atoms with Gasteiger partial charge >= 0.3 is 0 Å². The molecule has 8 N–H and O–H groups in total. The predicted molar refractivity (Wildman–Crippen MR) is 100 cm³/mol. The summed E-state index contributed by atoms with van der Waals surface area (Å²) in [5, 5.41) is 71.1. The van der Waals surface area contributed by atoms with E-state index in [1.165, 1.54) is 0 Å². The second-order valence-corrected chi connectivity index (χ2v) is 7.87. The molecule has 0 saturated carbocycles. The molecule has 0 spiro atoms. The molecule has 1 amide bonds. The van der Waals surface area contributed by atoms with Gasteiger partial charge in [-0.2, -0.15) is 0 Å². The number of nitrogens with one attached hydrogen (secondary N) is 1. The molecule has 1 aromatic rings. The normalized spacial score (nSPS) is 37.8. The van der Waals surface area contributed by atoms with Gasteiger partial charge < -0.3 is 55.3 Å². The van der Waals surface area contributed by atoms with E-state index in [1.54, 1.807) is 5.32 Å². The lowest BCUT2D eigenvalue weighted by atomic mass is 9.96. The highest BCUT2D eigenvalue weighted by molar-refractivity contribution is 5.95. The molecule has 0 radical (unpaired) electrons. The zero-order valence-corrected chi connectivity index (χ0v) is 17.5. The molecule has 3 rings (SSSR count). The summed E-state index contributed by atoms with van der Waals surface area (Å²) in [5.41, 5.74) is -1.67.